The van der Waals surface area contributed by atoms with Gasteiger partial charge in [-0.25, -0.2) is 0 Å². The summed E-state index contributed by atoms with van der Waals surface area (Å²) < 4.78 is 5.40. The zero-order valence-corrected chi connectivity index (χ0v) is 7.94. The Labute approximate surface area is 83.0 Å². The van der Waals surface area contributed by atoms with E-state index in [9.17, 15) is 0 Å². The number of hydrogen-bond donors (Lipinski definition) is 1. The van der Waals surface area contributed by atoms with Gasteiger partial charge in [-0.05, 0) is 12.5 Å². The van der Waals surface area contributed by atoms with E-state index in [1.54, 1.807) is 6.26 Å². The molecule has 1 heterocycles. The van der Waals surface area contributed by atoms with Gasteiger partial charge in [0.25, 0.3) is 0 Å². The summed E-state index contributed by atoms with van der Waals surface area (Å²) in [5.41, 5.74) is 7.93. The van der Waals surface area contributed by atoms with Gasteiger partial charge in [-0.3, -0.25) is 0 Å². The van der Waals surface area contributed by atoms with Gasteiger partial charge in [0.2, 0.25) is 0 Å². The monoisotopic (exact) mass is 187 g/mol. The van der Waals surface area contributed by atoms with Crippen molar-refractivity contribution in [3.63, 3.8) is 0 Å². The number of furan rings is 1. The third-order valence-corrected chi connectivity index (χ3v) is 2.33. The second-order valence-corrected chi connectivity index (χ2v) is 3.32. The molecule has 0 spiro atoms. The van der Waals surface area contributed by atoms with Gasteiger partial charge in [-0.1, -0.05) is 24.3 Å². The van der Waals surface area contributed by atoms with Gasteiger partial charge < -0.3 is 10.2 Å². The highest BCUT2D eigenvalue weighted by Gasteiger charge is 2.10. The van der Waals surface area contributed by atoms with E-state index in [0.717, 1.165) is 23.0 Å². The van der Waals surface area contributed by atoms with E-state index in [0.29, 0.717) is 0 Å². The van der Waals surface area contributed by atoms with E-state index < -0.39 is 0 Å². The van der Waals surface area contributed by atoms with E-state index >= 15 is 0 Å². The number of fused-ring (bicyclic) bond motifs is 1. The van der Waals surface area contributed by atoms with Crippen LogP contribution in [0.4, 0.5) is 0 Å². The Morgan fingerprint density at radius 2 is 2.21 bits per heavy atom. The molecule has 1 unspecified atom stereocenters. The zero-order chi connectivity index (χ0) is 9.97. The lowest BCUT2D eigenvalue weighted by atomic mass is 10.0. The summed E-state index contributed by atoms with van der Waals surface area (Å²) in [5, 5.41) is 1.10. The van der Waals surface area contributed by atoms with Crippen molar-refractivity contribution in [2.45, 2.75) is 12.5 Å². The molecule has 0 aliphatic rings. The van der Waals surface area contributed by atoms with Crippen LogP contribution in [0.3, 0.4) is 0 Å². The van der Waals surface area contributed by atoms with Crippen LogP contribution in [0.5, 0.6) is 0 Å². The minimum absolute atomic E-state index is 0.0175. The summed E-state index contributed by atoms with van der Waals surface area (Å²) in [5.74, 6) is 0. The van der Waals surface area contributed by atoms with Gasteiger partial charge in [0.05, 0.1) is 6.26 Å². The highest BCUT2D eigenvalue weighted by atomic mass is 16.3. The Balaban J connectivity index is 2.47. The summed E-state index contributed by atoms with van der Waals surface area (Å²) in [7, 11) is 0. The summed E-state index contributed by atoms with van der Waals surface area (Å²) >= 11 is 0. The maximum Gasteiger partial charge on any atom is 0.134 e. The number of rotatable bonds is 3. The molecule has 2 heteroatoms. The topological polar surface area (TPSA) is 39.2 Å². The fourth-order valence-corrected chi connectivity index (χ4v) is 1.59. The van der Waals surface area contributed by atoms with Crippen LogP contribution < -0.4 is 5.73 Å². The fraction of sp³-hybridized carbons (Fsp3) is 0.167. The maximum atomic E-state index is 5.98. The van der Waals surface area contributed by atoms with Crippen molar-refractivity contribution < 1.29 is 4.42 Å². The molecule has 1 atom stereocenters. The highest BCUT2D eigenvalue weighted by molar-refractivity contribution is 5.81. The number of hydrogen-bond acceptors (Lipinski definition) is 2. The first-order chi connectivity index (χ1) is 6.83. The van der Waals surface area contributed by atoms with Crippen molar-refractivity contribution in [3.8, 4) is 0 Å². The maximum absolute atomic E-state index is 5.98. The van der Waals surface area contributed by atoms with Crippen molar-refractivity contribution >= 4 is 11.0 Å². The van der Waals surface area contributed by atoms with Crippen LogP contribution in [0.1, 0.15) is 18.0 Å². The average Bonchev–Trinajstić information content (AvgIpc) is 2.61. The van der Waals surface area contributed by atoms with Gasteiger partial charge in [0, 0.05) is 17.0 Å². The van der Waals surface area contributed by atoms with Crippen molar-refractivity contribution in [1.82, 2.24) is 0 Å². The zero-order valence-electron chi connectivity index (χ0n) is 7.94. The molecular weight excluding hydrogens is 174 g/mol. The molecule has 0 amide bonds. The molecule has 1 aromatic heterocycles. The first-order valence-electron chi connectivity index (χ1n) is 4.65. The molecule has 0 saturated heterocycles. The van der Waals surface area contributed by atoms with Crippen LogP contribution in [0.15, 0.2) is 47.6 Å². The first-order valence-corrected chi connectivity index (χ1v) is 4.65. The molecule has 0 fully saturated rings. The second-order valence-electron chi connectivity index (χ2n) is 3.32. The van der Waals surface area contributed by atoms with Crippen molar-refractivity contribution in [1.29, 1.82) is 0 Å². The summed E-state index contributed by atoms with van der Waals surface area (Å²) in [6.45, 7) is 3.68. The normalized spacial score (nSPS) is 12.9. The van der Waals surface area contributed by atoms with Crippen LogP contribution in [0.25, 0.3) is 11.0 Å². The van der Waals surface area contributed by atoms with E-state index in [4.69, 9.17) is 10.2 Å². The molecule has 0 aliphatic heterocycles. The van der Waals surface area contributed by atoms with Crippen LogP contribution in [0.2, 0.25) is 0 Å². The fourth-order valence-electron chi connectivity index (χ4n) is 1.59. The first kappa shape index (κ1) is 9.03. The Morgan fingerprint density at radius 1 is 1.43 bits per heavy atom. The van der Waals surface area contributed by atoms with Crippen LogP contribution in [-0.4, -0.2) is 0 Å². The van der Waals surface area contributed by atoms with Crippen molar-refractivity contribution in [2.75, 3.05) is 0 Å². The van der Waals surface area contributed by atoms with Crippen LogP contribution in [0, 0.1) is 0 Å². The summed E-state index contributed by atoms with van der Waals surface area (Å²) in [6.07, 6.45) is 4.33. The third-order valence-electron chi connectivity index (χ3n) is 2.33. The van der Waals surface area contributed by atoms with E-state index in [1.165, 1.54) is 0 Å². The highest BCUT2D eigenvalue weighted by Crippen LogP contribution is 2.26. The summed E-state index contributed by atoms with van der Waals surface area (Å²) in [6, 6.07) is 7.89. The lowest BCUT2D eigenvalue weighted by Crippen LogP contribution is -2.07. The van der Waals surface area contributed by atoms with Gasteiger partial charge in [-0.2, -0.15) is 0 Å². The van der Waals surface area contributed by atoms with Gasteiger partial charge in [0.1, 0.15) is 5.58 Å². The lowest BCUT2D eigenvalue weighted by Gasteiger charge is -2.05. The predicted octanol–water partition coefficient (Wildman–Crippen LogP) is 3.01. The van der Waals surface area contributed by atoms with Gasteiger partial charge >= 0.3 is 0 Å². The molecule has 72 valence electrons. The van der Waals surface area contributed by atoms with Crippen LogP contribution in [-0.2, 0) is 0 Å². The smallest absolute Gasteiger partial charge is 0.134 e. The van der Waals surface area contributed by atoms with Gasteiger partial charge in [-0.15, -0.1) is 6.58 Å². The van der Waals surface area contributed by atoms with E-state index in [-0.39, 0.29) is 6.04 Å². The number of nitrogens with two attached hydrogens (primary N) is 1. The quantitative estimate of drug-likeness (QED) is 0.750. The predicted molar refractivity (Wildman–Crippen MR) is 58.0 cm³/mol. The largest absolute Gasteiger partial charge is 0.464 e. The molecule has 0 bridgehead atoms. The van der Waals surface area contributed by atoms with Crippen LogP contribution >= 0.6 is 0 Å². The molecule has 14 heavy (non-hydrogen) atoms. The molecule has 2 nitrogen and oxygen atoms in total. The number of benzene rings is 1. The van der Waals surface area contributed by atoms with Crippen molar-refractivity contribution in [2.24, 2.45) is 5.73 Å². The standard InChI is InChI=1S/C12H13NO/c1-2-5-11(13)10-8-14-12-7-4-3-6-9(10)12/h2-4,6-8,11H,1,5,13H2. The Morgan fingerprint density at radius 3 is 3.00 bits per heavy atom. The molecule has 1 aromatic carbocycles. The molecular formula is C12H13NO. The third kappa shape index (κ3) is 1.44. The molecule has 2 N–H and O–H groups in total. The van der Waals surface area contributed by atoms with E-state index in [1.807, 2.05) is 30.3 Å². The van der Waals surface area contributed by atoms with Gasteiger partial charge in [0.15, 0.2) is 0 Å². The SMILES string of the molecule is C=CCC(N)c1coc2ccccc12. The Hall–Kier alpha value is -1.54. The molecule has 2 aromatic rings. The minimum atomic E-state index is -0.0175. The summed E-state index contributed by atoms with van der Waals surface area (Å²) in [4.78, 5) is 0. The number of para-hydroxylation sites is 1. The Kier molecular flexibility index (Phi) is 2.37. The molecule has 0 saturated carbocycles. The average molecular weight is 187 g/mol. The van der Waals surface area contributed by atoms with E-state index in [2.05, 4.69) is 6.58 Å². The van der Waals surface area contributed by atoms with Crippen molar-refractivity contribution in [3.05, 3.63) is 48.7 Å². The minimum Gasteiger partial charge on any atom is -0.464 e. The molecule has 0 radical (unpaired) electrons. The molecule has 2 rings (SSSR count). The Bertz CT molecular complexity index is 444. The molecule has 0 aliphatic carbocycles. The lowest BCUT2D eigenvalue weighted by molar-refractivity contribution is 0.601. The second kappa shape index (κ2) is 3.68.